The van der Waals surface area contributed by atoms with Gasteiger partial charge in [0.15, 0.2) is 11.5 Å². The maximum absolute atomic E-state index is 12.1. The topological polar surface area (TPSA) is 38.7 Å². The summed E-state index contributed by atoms with van der Waals surface area (Å²) in [5, 5.41) is 8.76. The van der Waals surface area contributed by atoms with Gasteiger partial charge in [0.2, 0.25) is 0 Å². The highest BCUT2D eigenvalue weighted by molar-refractivity contribution is 5.43. The normalized spacial score (nSPS) is 10.6. The molecular formula is C11H14F2O3. The van der Waals surface area contributed by atoms with Gasteiger partial charge in [-0.1, -0.05) is 6.07 Å². The Balaban J connectivity index is 2.89. The fourth-order valence-corrected chi connectivity index (χ4v) is 1.30. The van der Waals surface area contributed by atoms with E-state index in [1.807, 2.05) is 0 Å². The van der Waals surface area contributed by atoms with Crippen molar-refractivity contribution >= 4 is 0 Å². The van der Waals surface area contributed by atoms with Gasteiger partial charge in [-0.2, -0.15) is 8.78 Å². The van der Waals surface area contributed by atoms with E-state index in [1.54, 1.807) is 19.1 Å². The third-order valence-corrected chi connectivity index (χ3v) is 1.92. The Kier molecular flexibility index (Phi) is 4.98. The van der Waals surface area contributed by atoms with Gasteiger partial charge in [0.05, 0.1) is 6.61 Å². The van der Waals surface area contributed by atoms with E-state index in [0.29, 0.717) is 13.0 Å². The Labute approximate surface area is 92.6 Å². The van der Waals surface area contributed by atoms with Crippen LogP contribution in [0.3, 0.4) is 0 Å². The highest BCUT2D eigenvalue weighted by Crippen LogP contribution is 2.29. The first-order valence-corrected chi connectivity index (χ1v) is 4.98. The van der Waals surface area contributed by atoms with Gasteiger partial charge >= 0.3 is 6.61 Å². The van der Waals surface area contributed by atoms with Crippen molar-refractivity contribution in [1.82, 2.24) is 0 Å². The zero-order valence-corrected chi connectivity index (χ0v) is 8.95. The lowest BCUT2D eigenvalue weighted by Crippen LogP contribution is -2.05. The van der Waals surface area contributed by atoms with Gasteiger partial charge in [0.25, 0.3) is 0 Å². The molecule has 16 heavy (non-hydrogen) atoms. The predicted octanol–water partition coefficient (Wildman–Crippen LogP) is 2.22. The molecule has 0 radical (unpaired) electrons. The average Bonchev–Trinajstić information content (AvgIpc) is 2.22. The van der Waals surface area contributed by atoms with E-state index in [9.17, 15) is 8.78 Å². The summed E-state index contributed by atoms with van der Waals surface area (Å²) in [6, 6.07) is 4.63. The van der Waals surface area contributed by atoms with E-state index in [4.69, 9.17) is 9.84 Å². The minimum atomic E-state index is -2.87. The highest BCUT2D eigenvalue weighted by Gasteiger charge is 2.11. The number of halogens is 2. The molecule has 3 nitrogen and oxygen atoms in total. The van der Waals surface area contributed by atoms with Crippen LogP contribution in [0, 0.1) is 0 Å². The molecule has 0 saturated heterocycles. The molecule has 1 rings (SSSR count). The minimum Gasteiger partial charge on any atom is -0.490 e. The SMILES string of the molecule is CCOc1cc(CCO)ccc1OC(F)F. The Morgan fingerprint density at radius 1 is 1.31 bits per heavy atom. The van der Waals surface area contributed by atoms with Crippen LogP contribution in [0.25, 0.3) is 0 Å². The van der Waals surface area contributed by atoms with Crippen molar-refractivity contribution in [3.63, 3.8) is 0 Å². The number of hydrogen-bond donors (Lipinski definition) is 1. The van der Waals surface area contributed by atoms with E-state index in [2.05, 4.69) is 4.74 Å². The van der Waals surface area contributed by atoms with Crippen molar-refractivity contribution in [1.29, 1.82) is 0 Å². The van der Waals surface area contributed by atoms with Crippen molar-refractivity contribution in [3.8, 4) is 11.5 Å². The molecule has 1 N–H and O–H groups in total. The molecule has 5 heteroatoms. The Bertz CT molecular complexity index is 329. The van der Waals surface area contributed by atoms with Crippen LogP contribution in [-0.4, -0.2) is 24.9 Å². The first-order chi connectivity index (χ1) is 7.67. The fourth-order valence-electron chi connectivity index (χ4n) is 1.30. The summed E-state index contributed by atoms with van der Waals surface area (Å²) in [4.78, 5) is 0. The molecular weight excluding hydrogens is 218 g/mol. The Morgan fingerprint density at radius 2 is 2.06 bits per heavy atom. The predicted molar refractivity (Wildman–Crippen MR) is 55.0 cm³/mol. The standard InChI is InChI=1S/C11H14F2O3/c1-2-15-10-7-8(5-6-14)3-4-9(10)16-11(12)13/h3-4,7,11,14H,2,5-6H2,1H3. The lowest BCUT2D eigenvalue weighted by Gasteiger charge is -2.12. The van der Waals surface area contributed by atoms with Crippen LogP contribution < -0.4 is 9.47 Å². The fraction of sp³-hybridized carbons (Fsp3) is 0.455. The second-order valence-electron chi connectivity index (χ2n) is 3.07. The van der Waals surface area contributed by atoms with Gasteiger partial charge in [-0.05, 0) is 31.0 Å². The first kappa shape index (κ1) is 12.7. The van der Waals surface area contributed by atoms with Crippen molar-refractivity contribution in [2.45, 2.75) is 20.0 Å². The molecule has 0 aromatic heterocycles. The van der Waals surface area contributed by atoms with Crippen LogP contribution >= 0.6 is 0 Å². The monoisotopic (exact) mass is 232 g/mol. The number of benzene rings is 1. The number of hydrogen-bond acceptors (Lipinski definition) is 3. The molecule has 0 unspecified atom stereocenters. The molecule has 1 aromatic rings. The Morgan fingerprint density at radius 3 is 2.62 bits per heavy atom. The van der Waals surface area contributed by atoms with Gasteiger partial charge < -0.3 is 14.6 Å². The van der Waals surface area contributed by atoms with Crippen molar-refractivity contribution in [3.05, 3.63) is 23.8 Å². The summed E-state index contributed by atoms with van der Waals surface area (Å²) in [7, 11) is 0. The molecule has 1 aromatic carbocycles. The number of aliphatic hydroxyl groups excluding tert-OH is 1. The number of alkyl halides is 2. The maximum atomic E-state index is 12.1. The van der Waals surface area contributed by atoms with Crippen LogP contribution in [0.5, 0.6) is 11.5 Å². The molecule has 0 spiro atoms. The van der Waals surface area contributed by atoms with Crippen LogP contribution in [0.2, 0.25) is 0 Å². The van der Waals surface area contributed by atoms with Gasteiger partial charge in [-0.3, -0.25) is 0 Å². The average molecular weight is 232 g/mol. The molecule has 0 atom stereocenters. The smallest absolute Gasteiger partial charge is 0.387 e. The molecule has 0 amide bonds. The third kappa shape index (κ3) is 3.66. The quantitative estimate of drug-likeness (QED) is 0.817. The van der Waals surface area contributed by atoms with E-state index in [1.165, 1.54) is 6.07 Å². The van der Waals surface area contributed by atoms with Crippen molar-refractivity contribution < 1.29 is 23.4 Å². The van der Waals surface area contributed by atoms with Crippen LogP contribution in [0.15, 0.2) is 18.2 Å². The minimum absolute atomic E-state index is 0.000611. The van der Waals surface area contributed by atoms with Gasteiger partial charge in [0.1, 0.15) is 0 Å². The highest BCUT2D eigenvalue weighted by atomic mass is 19.3. The van der Waals surface area contributed by atoms with E-state index < -0.39 is 6.61 Å². The molecule has 0 fully saturated rings. The van der Waals surface area contributed by atoms with Crippen molar-refractivity contribution in [2.24, 2.45) is 0 Å². The Hall–Kier alpha value is -1.36. The summed E-state index contributed by atoms with van der Waals surface area (Å²) in [5.74, 6) is 0.285. The van der Waals surface area contributed by atoms with Crippen LogP contribution in [0.1, 0.15) is 12.5 Å². The largest absolute Gasteiger partial charge is 0.490 e. The van der Waals surface area contributed by atoms with E-state index in [0.717, 1.165) is 5.56 Å². The first-order valence-electron chi connectivity index (χ1n) is 4.98. The van der Waals surface area contributed by atoms with Gasteiger partial charge in [-0.15, -0.1) is 0 Å². The van der Waals surface area contributed by atoms with Gasteiger partial charge in [0, 0.05) is 6.61 Å². The molecule has 90 valence electrons. The van der Waals surface area contributed by atoms with E-state index in [-0.39, 0.29) is 18.1 Å². The molecule has 0 saturated carbocycles. The second-order valence-corrected chi connectivity index (χ2v) is 3.07. The summed E-state index contributed by atoms with van der Waals surface area (Å²) in [6.45, 7) is -0.754. The summed E-state index contributed by atoms with van der Waals surface area (Å²) in [5.41, 5.74) is 0.813. The summed E-state index contributed by atoms with van der Waals surface area (Å²) < 4.78 is 33.6. The lowest BCUT2D eigenvalue weighted by molar-refractivity contribution is -0.0514. The number of aliphatic hydroxyl groups is 1. The van der Waals surface area contributed by atoms with Crippen LogP contribution in [0.4, 0.5) is 8.78 Å². The third-order valence-electron chi connectivity index (χ3n) is 1.92. The lowest BCUT2D eigenvalue weighted by atomic mass is 10.1. The second kappa shape index (κ2) is 6.27. The number of ether oxygens (including phenoxy) is 2. The van der Waals surface area contributed by atoms with E-state index >= 15 is 0 Å². The zero-order chi connectivity index (χ0) is 12.0. The van der Waals surface area contributed by atoms with Crippen LogP contribution in [-0.2, 0) is 6.42 Å². The molecule has 0 bridgehead atoms. The molecule has 0 aliphatic rings. The summed E-state index contributed by atoms with van der Waals surface area (Å²) >= 11 is 0. The molecule has 0 heterocycles. The molecule has 0 aliphatic heterocycles. The van der Waals surface area contributed by atoms with Crippen molar-refractivity contribution in [2.75, 3.05) is 13.2 Å². The molecule has 0 aliphatic carbocycles. The summed E-state index contributed by atoms with van der Waals surface area (Å²) in [6.07, 6.45) is 0.453. The number of rotatable bonds is 6. The maximum Gasteiger partial charge on any atom is 0.387 e. The van der Waals surface area contributed by atoms with Gasteiger partial charge in [-0.25, -0.2) is 0 Å². The zero-order valence-electron chi connectivity index (χ0n) is 8.95.